The summed E-state index contributed by atoms with van der Waals surface area (Å²) in [5.74, 6) is 1.23. The molecule has 1 unspecified atom stereocenters. The number of carbonyl (C=O) groups is 1. The standard InChI is InChI=1S/C16H19ClN2O3/c1-11(19(2)10-13-5-4-8-22-13)16(20)18-14-9-12(17)6-7-15(14)21-3/h4-9,11H,10H2,1-3H3,(H,18,20). The summed E-state index contributed by atoms with van der Waals surface area (Å²) in [4.78, 5) is 14.3. The largest absolute Gasteiger partial charge is 0.495 e. The van der Waals surface area contributed by atoms with E-state index in [9.17, 15) is 4.79 Å². The lowest BCUT2D eigenvalue weighted by Gasteiger charge is -2.23. The number of hydrogen-bond acceptors (Lipinski definition) is 4. The van der Waals surface area contributed by atoms with E-state index in [1.165, 1.54) is 0 Å². The van der Waals surface area contributed by atoms with E-state index in [2.05, 4.69) is 5.32 Å². The lowest BCUT2D eigenvalue weighted by Crippen LogP contribution is -2.39. The van der Waals surface area contributed by atoms with E-state index in [4.69, 9.17) is 20.8 Å². The number of nitrogens with one attached hydrogen (secondary N) is 1. The van der Waals surface area contributed by atoms with Crippen LogP contribution in [0.4, 0.5) is 5.69 Å². The molecule has 22 heavy (non-hydrogen) atoms. The van der Waals surface area contributed by atoms with E-state index in [-0.39, 0.29) is 11.9 Å². The van der Waals surface area contributed by atoms with Crippen LogP contribution in [0.2, 0.25) is 5.02 Å². The number of benzene rings is 1. The molecule has 1 heterocycles. The molecule has 1 amide bonds. The van der Waals surface area contributed by atoms with Gasteiger partial charge in [0.2, 0.25) is 5.91 Å². The fraction of sp³-hybridized carbons (Fsp3) is 0.312. The van der Waals surface area contributed by atoms with Crippen LogP contribution in [0, 0.1) is 0 Å². The van der Waals surface area contributed by atoms with Gasteiger partial charge < -0.3 is 14.5 Å². The Hall–Kier alpha value is -1.98. The van der Waals surface area contributed by atoms with Crippen LogP contribution < -0.4 is 10.1 Å². The second kappa shape index (κ2) is 7.33. The Morgan fingerprint density at radius 1 is 1.45 bits per heavy atom. The Morgan fingerprint density at radius 2 is 2.23 bits per heavy atom. The molecule has 2 aromatic rings. The molecule has 6 heteroatoms. The van der Waals surface area contributed by atoms with Crippen LogP contribution in [0.1, 0.15) is 12.7 Å². The number of likely N-dealkylation sites (N-methyl/N-ethyl adjacent to an activating group) is 1. The molecule has 0 fully saturated rings. The Bertz CT molecular complexity index is 628. The van der Waals surface area contributed by atoms with Gasteiger partial charge in [0.25, 0.3) is 0 Å². The zero-order valence-electron chi connectivity index (χ0n) is 12.8. The predicted octanol–water partition coefficient (Wildman–Crippen LogP) is 3.40. The minimum Gasteiger partial charge on any atom is -0.495 e. The molecule has 0 saturated carbocycles. The number of nitrogens with zero attached hydrogens (tertiary/aromatic N) is 1. The minimum atomic E-state index is -0.339. The smallest absolute Gasteiger partial charge is 0.241 e. The van der Waals surface area contributed by atoms with Gasteiger partial charge in [-0.15, -0.1) is 0 Å². The first-order chi connectivity index (χ1) is 10.5. The van der Waals surface area contributed by atoms with E-state index in [0.29, 0.717) is 23.0 Å². The van der Waals surface area contributed by atoms with Gasteiger partial charge in [-0.2, -0.15) is 0 Å². The van der Waals surface area contributed by atoms with E-state index >= 15 is 0 Å². The average Bonchev–Trinajstić information content (AvgIpc) is 2.99. The third kappa shape index (κ3) is 4.02. The molecule has 0 saturated heterocycles. The molecule has 2 rings (SSSR count). The van der Waals surface area contributed by atoms with Crippen molar-refractivity contribution in [2.75, 3.05) is 19.5 Å². The summed E-state index contributed by atoms with van der Waals surface area (Å²) in [6.45, 7) is 2.38. The van der Waals surface area contributed by atoms with Gasteiger partial charge in [0.05, 0.1) is 31.6 Å². The predicted molar refractivity (Wildman–Crippen MR) is 86.3 cm³/mol. The van der Waals surface area contributed by atoms with Crippen LogP contribution in [0.15, 0.2) is 41.0 Å². The highest BCUT2D eigenvalue weighted by atomic mass is 35.5. The van der Waals surface area contributed by atoms with Gasteiger partial charge in [-0.3, -0.25) is 9.69 Å². The maximum Gasteiger partial charge on any atom is 0.241 e. The first kappa shape index (κ1) is 16.4. The Kier molecular flexibility index (Phi) is 5.46. The van der Waals surface area contributed by atoms with Crippen molar-refractivity contribution < 1.29 is 13.9 Å². The van der Waals surface area contributed by atoms with Crippen molar-refractivity contribution in [2.24, 2.45) is 0 Å². The van der Waals surface area contributed by atoms with Gasteiger partial charge in [-0.25, -0.2) is 0 Å². The average molecular weight is 323 g/mol. The fourth-order valence-corrected chi connectivity index (χ4v) is 2.17. The Morgan fingerprint density at radius 3 is 2.86 bits per heavy atom. The number of amides is 1. The number of carbonyl (C=O) groups excluding carboxylic acids is 1. The first-order valence-corrected chi connectivity index (χ1v) is 7.26. The van der Waals surface area contributed by atoms with Gasteiger partial charge >= 0.3 is 0 Å². The van der Waals surface area contributed by atoms with E-state index < -0.39 is 0 Å². The number of furan rings is 1. The van der Waals surface area contributed by atoms with Crippen molar-refractivity contribution in [3.05, 3.63) is 47.4 Å². The molecule has 0 radical (unpaired) electrons. The summed E-state index contributed by atoms with van der Waals surface area (Å²) in [6, 6.07) is 8.45. The number of hydrogen-bond donors (Lipinski definition) is 1. The zero-order valence-corrected chi connectivity index (χ0v) is 13.6. The molecule has 0 aliphatic heterocycles. The molecule has 1 atom stereocenters. The maximum absolute atomic E-state index is 12.4. The summed E-state index contributed by atoms with van der Waals surface area (Å²) in [6.07, 6.45) is 1.62. The zero-order chi connectivity index (χ0) is 16.1. The molecule has 0 aliphatic carbocycles. The summed E-state index contributed by atoms with van der Waals surface area (Å²) in [7, 11) is 3.41. The molecule has 0 aliphatic rings. The molecule has 118 valence electrons. The van der Waals surface area contributed by atoms with Gasteiger partial charge in [-0.1, -0.05) is 11.6 Å². The van der Waals surface area contributed by atoms with Crippen molar-refractivity contribution >= 4 is 23.2 Å². The van der Waals surface area contributed by atoms with E-state index in [1.807, 2.05) is 31.0 Å². The number of rotatable bonds is 6. The normalized spacial score (nSPS) is 12.2. The lowest BCUT2D eigenvalue weighted by atomic mass is 10.2. The van der Waals surface area contributed by atoms with Crippen LogP contribution in [-0.4, -0.2) is 31.0 Å². The van der Waals surface area contributed by atoms with Crippen molar-refractivity contribution in [2.45, 2.75) is 19.5 Å². The number of methoxy groups -OCH3 is 1. The molecule has 1 aromatic carbocycles. The Balaban J connectivity index is 2.03. The van der Waals surface area contributed by atoms with Crippen LogP contribution in [0.3, 0.4) is 0 Å². The van der Waals surface area contributed by atoms with Crippen LogP contribution in [0.5, 0.6) is 5.75 Å². The summed E-state index contributed by atoms with van der Waals surface area (Å²) in [5, 5.41) is 3.38. The molecule has 5 nitrogen and oxygen atoms in total. The highest BCUT2D eigenvalue weighted by Crippen LogP contribution is 2.27. The SMILES string of the molecule is COc1ccc(Cl)cc1NC(=O)C(C)N(C)Cc1ccco1. The molecular weight excluding hydrogens is 304 g/mol. The number of ether oxygens (including phenoxy) is 1. The minimum absolute atomic E-state index is 0.144. The highest BCUT2D eigenvalue weighted by Gasteiger charge is 2.20. The highest BCUT2D eigenvalue weighted by molar-refractivity contribution is 6.31. The van der Waals surface area contributed by atoms with Crippen LogP contribution in [0.25, 0.3) is 0 Å². The van der Waals surface area contributed by atoms with Crippen LogP contribution in [-0.2, 0) is 11.3 Å². The second-order valence-electron chi connectivity index (χ2n) is 5.00. The summed E-state index contributed by atoms with van der Waals surface area (Å²) >= 11 is 5.96. The summed E-state index contributed by atoms with van der Waals surface area (Å²) < 4.78 is 10.5. The number of halogens is 1. The topological polar surface area (TPSA) is 54.7 Å². The second-order valence-corrected chi connectivity index (χ2v) is 5.44. The van der Waals surface area contributed by atoms with Gasteiger partial charge in [0.15, 0.2) is 0 Å². The van der Waals surface area contributed by atoms with Gasteiger partial charge in [0, 0.05) is 5.02 Å². The monoisotopic (exact) mass is 322 g/mol. The van der Waals surface area contributed by atoms with Crippen molar-refractivity contribution in [3.63, 3.8) is 0 Å². The van der Waals surface area contributed by atoms with Crippen LogP contribution >= 0.6 is 11.6 Å². The van der Waals surface area contributed by atoms with Gasteiger partial charge in [-0.05, 0) is 44.3 Å². The molecular formula is C16H19ClN2O3. The first-order valence-electron chi connectivity index (χ1n) is 6.88. The van der Waals surface area contributed by atoms with Crippen molar-refractivity contribution in [1.82, 2.24) is 4.90 Å². The third-order valence-electron chi connectivity index (χ3n) is 3.45. The maximum atomic E-state index is 12.4. The summed E-state index contributed by atoms with van der Waals surface area (Å²) in [5.41, 5.74) is 0.554. The molecule has 1 aromatic heterocycles. The quantitative estimate of drug-likeness (QED) is 0.885. The van der Waals surface area contributed by atoms with Gasteiger partial charge in [0.1, 0.15) is 11.5 Å². The van der Waals surface area contributed by atoms with E-state index in [1.54, 1.807) is 31.6 Å². The molecule has 1 N–H and O–H groups in total. The van der Waals surface area contributed by atoms with Crippen molar-refractivity contribution in [1.29, 1.82) is 0 Å². The number of anilines is 1. The lowest BCUT2D eigenvalue weighted by molar-refractivity contribution is -0.120. The molecule has 0 bridgehead atoms. The Labute approximate surface area is 134 Å². The third-order valence-corrected chi connectivity index (χ3v) is 3.68. The van der Waals surface area contributed by atoms with Crippen molar-refractivity contribution in [3.8, 4) is 5.75 Å². The van der Waals surface area contributed by atoms with E-state index in [0.717, 1.165) is 5.76 Å². The fourth-order valence-electron chi connectivity index (χ4n) is 2.00. The molecule has 0 spiro atoms.